The van der Waals surface area contributed by atoms with Crippen LogP contribution < -0.4 is 15.2 Å². The molecule has 0 heterocycles. The highest BCUT2D eigenvalue weighted by Crippen LogP contribution is 2.28. The van der Waals surface area contributed by atoms with Crippen molar-refractivity contribution in [3.8, 4) is 11.5 Å². The zero-order valence-electron chi connectivity index (χ0n) is 13.3. The lowest BCUT2D eigenvalue weighted by Gasteiger charge is -2.24. The summed E-state index contributed by atoms with van der Waals surface area (Å²) in [6.07, 6.45) is -0.379. The van der Waals surface area contributed by atoms with Gasteiger partial charge in [-0.25, -0.2) is 4.79 Å². The second-order valence-corrected chi connectivity index (χ2v) is 5.66. The number of hydrogen-bond acceptors (Lipinski definition) is 5. The number of nitrogens with zero attached hydrogens (tertiary/aromatic N) is 1. The molecule has 6 heteroatoms. The summed E-state index contributed by atoms with van der Waals surface area (Å²) in [7, 11) is 3.21. The van der Waals surface area contributed by atoms with Gasteiger partial charge in [0.25, 0.3) is 0 Å². The molecule has 0 saturated carbocycles. The van der Waals surface area contributed by atoms with Crippen molar-refractivity contribution in [2.24, 2.45) is 0 Å². The fraction of sp³-hybridized carbons (Fsp3) is 0.533. The van der Waals surface area contributed by atoms with Crippen LogP contribution in [0.2, 0.25) is 0 Å². The molecule has 0 aliphatic rings. The maximum Gasteiger partial charge on any atom is 0.410 e. The van der Waals surface area contributed by atoms with Gasteiger partial charge in [-0.2, -0.15) is 0 Å². The Morgan fingerprint density at radius 3 is 2.52 bits per heavy atom. The number of rotatable bonds is 5. The van der Waals surface area contributed by atoms with Gasteiger partial charge in [0.15, 0.2) is 11.5 Å². The minimum absolute atomic E-state index is 0.329. The first kappa shape index (κ1) is 16.9. The van der Waals surface area contributed by atoms with E-state index in [1.165, 1.54) is 4.90 Å². The molecule has 0 radical (unpaired) electrons. The molecular formula is C15H24N2O4. The third-order valence-corrected chi connectivity index (χ3v) is 2.58. The Kier molecular flexibility index (Phi) is 5.69. The van der Waals surface area contributed by atoms with Gasteiger partial charge in [-0.1, -0.05) is 0 Å². The van der Waals surface area contributed by atoms with E-state index in [-0.39, 0.29) is 6.09 Å². The van der Waals surface area contributed by atoms with Crippen molar-refractivity contribution in [3.05, 3.63) is 18.2 Å². The van der Waals surface area contributed by atoms with Crippen LogP contribution in [0.1, 0.15) is 20.8 Å². The molecule has 0 aromatic heterocycles. The second-order valence-electron chi connectivity index (χ2n) is 5.66. The van der Waals surface area contributed by atoms with E-state index in [1.54, 1.807) is 32.4 Å². The fourth-order valence-corrected chi connectivity index (χ4v) is 1.53. The fourth-order valence-electron chi connectivity index (χ4n) is 1.53. The van der Waals surface area contributed by atoms with Gasteiger partial charge < -0.3 is 24.8 Å². The van der Waals surface area contributed by atoms with E-state index in [1.807, 2.05) is 20.8 Å². The monoisotopic (exact) mass is 296 g/mol. The Balaban J connectivity index is 2.48. The number of carbonyl (C=O) groups is 1. The van der Waals surface area contributed by atoms with Crippen LogP contribution in [0, 0.1) is 0 Å². The van der Waals surface area contributed by atoms with Crippen LogP contribution in [0.25, 0.3) is 0 Å². The number of ether oxygens (including phenoxy) is 3. The van der Waals surface area contributed by atoms with Gasteiger partial charge >= 0.3 is 6.09 Å². The number of nitrogen functional groups attached to an aromatic ring is 1. The summed E-state index contributed by atoms with van der Waals surface area (Å²) >= 11 is 0. The van der Waals surface area contributed by atoms with E-state index in [9.17, 15) is 4.79 Å². The molecule has 21 heavy (non-hydrogen) atoms. The predicted octanol–water partition coefficient (Wildman–Crippen LogP) is 2.52. The molecule has 0 aliphatic carbocycles. The van der Waals surface area contributed by atoms with E-state index < -0.39 is 5.60 Å². The number of nitrogens with two attached hydrogens (primary N) is 1. The van der Waals surface area contributed by atoms with Gasteiger partial charge in [-0.15, -0.1) is 0 Å². The zero-order valence-corrected chi connectivity index (χ0v) is 13.3. The lowest BCUT2D eigenvalue weighted by molar-refractivity contribution is 0.0278. The number of anilines is 1. The summed E-state index contributed by atoms with van der Waals surface area (Å²) in [5, 5.41) is 0. The molecule has 0 bridgehead atoms. The molecule has 0 aliphatic heterocycles. The SMILES string of the molecule is COc1cc(N)ccc1OCCN(C)C(=O)OC(C)(C)C. The van der Waals surface area contributed by atoms with Gasteiger partial charge in [-0.3, -0.25) is 0 Å². The molecular weight excluding hydrogens is 272 g/mol. The molecule has 1 aromatic carbocycles. The van der Waals surface area contributed by atoms with Gasteiger partial charge in [0.1, 0.15) is 12.2 Å². The summed E-state index contributed by atoms with van der Waals surface area (Å²) < 4.78 is 16.0. The number of carbonyl (C=O) groups excluding carboxylic acids is 1. The summed E-state index contributed by atoms with van der Waals surface area (Å²) in [6.45, 7) is 6.22. The van der Waals surface area contributed by atoms with Gasteiger partial charge in [0.2, 0.25) is 0 Å². The van der Waals surface area contributed by atoms with Crippen LogP contribution in [0.5, 0.6) is 11.5 Å². The van der Waals surface area contributed by atoms with E-state index in [4.69, 9.17) is 19.9 Å². The Bertz CT molecular complexity index is 483. The Morgan fingerprint density at radius 1 is 1.29 bits per heavy atom. The van der Waals surface area contributed by atoms with Crippen molar-refractivity contribution in [3.63, 3.8) is 0 Å². The molecule has 2 N–H and O–H groups in total. The third kappa shape index (κ3) is 5.81. The standard InChI is InChI=1S/C15H24N2O4/c1-15(2,3)21-14(18)17(4)8-9-20-12-7-6-11(16)10-13(12)19-5/h6-7,10H,8-9,16H2,1-5H3. The Labute approximate surface area is 125 Å². The maximum absolute atomic E-state index is 11.8. The lowest BCUT2D eigenvalue weighted by atomic mass is 10.2. The number of methoxy groups -OCH3 is 1. The first-order valence-electron chi connectivity index (χ1n) is 6.73. The molecule has 1 rings (SSSR count). The van der Waals surface area contributed by atoms with Crippen LogP contribution >= 0.6 is 0 Å². The van der Waals surface area contributed by atoms with E-state index in [0.29, 0.717) is 30.3 Å². The second kappa shape index (κ2) is 7.06. The number of benzene rings is 1. The van der Waals surface area contributed by atoms with Crippen LogP contribution in [0.3, 0.4) is 0 Å². The van der Waals surface area contributed by atoms with Crippen molar-refractivity contribution in [1.29, 1.82) is 0 Å². The average Bonchev–Trinajstić information content (AvgIpc) is 2.38. The molecule has 0 unspecified atom stereocenters. The van der Waals surface area contributed by atoms with Crippen molar-refractivity contribution in [1.82, 2.24) is 4.90 Å². The molecule has 1 aromatic rings. The number of hydrogen-bond donors (Lipinski definition) is 1. The summed E-state index contributed by atoms with van der Waals surface area (Å²) in [5.41, 5.74) is 5.77. The quantitative estimate of drug-likeness (QED) is 0.845. The zero-order chi connectivity index (χ0) is 16.0. The van der Waals surface area contributed by atoms with Crippen LogP contribution in [-0.4, -0.2) is 43.9 Å². The maximum atomic E-state index is 11.8. The highest BCUT2D eigenvalue weighted by Gasteiger charge is 2.19. The smallest absolute Gasteiger partial charge is 0.410 e. The minimum Gasteiger partial charge on any atom is -0.493 e. The van der Waals surface area contributed by atoms with Crippen LogP contribution in [0.15, 0.2) is 18.2 Å². The molecule has 0 fully saturated rings. The van der Waals surface area contributed by atoms with E-state index in [0.717, 1.165) is 0 Å². The number of amides is 1. The van der Waals surface area contributed by atoms with Crippen LogP contribution in [-0.2, 0) is 4.74 Å². The molecule has 0 saturated heterocycles. The average molecular weight is 296 g/mol. The highest BCUT2D eigenvalue weighted by atomic mass is 16.6. The summed E-state index contributed by atoms with van der Waals surface area (Å²) in [4.78, 5) is 13.2. The van der Waals surface area contributed by atoms with E-state index in [2.05, 4.69) is 0 Å². The normalized spacial score (nSPS) is 10.9. The Morgan fingerprint density at radius 2 is 1.95 bits per heavy atom. The number of likely N-dealkylation sites (N-methyl/N-ethyl adjacent to an activating group) is 1. The topological polar surface area (TPSA) is 74.0 Å². The summed E-state index contributed by atoms with van der Waals surface area (Å²) in [6, 6.07) is 5.16. The first-order chi connectivity index (χ1) is 9.73. The minimum atomic E-state index is -0.508. The lowest BCUT2D eigenvalue weighted by Crippen LogP contribution is -2.36. The largest absolute Gasteiger partial charge is 0.493 e. The van der Waals surface area contributed by atoms with Gasteiger partial charge in [0, 0.05) is 18.8 Å². The van der Waals surface area contributed by atoms with E-state index >= 15 is 0 Å². The van der Waals surface area contributed by atoms with Crippen molar-refractivity contribution in [2.45, 2.75) is 26.4 Å². The summed E-state index contributed by atoms with van der Waals surface area (Å²) in [5.74, 6) is 1.15. The molecule has 1 amide bonds. The predicted molar refractivity (Wildman–Crippen MR) is 81.8 cm³/mol. The van der Waals surface area contributed by atoms with Crippen molar-refractivity contribution in [2.75, 3.05) is 33.0 Å². The van der Waals surface area contributed by atoms with Crippen molar-refractivity contribution >= 4 is 11.8 Å². The van der Waals surface area contributed by atoms with Gasteiger partial charge in [-0.05, 0) is 32.9 Å². The molecule has 0 spiro atoms. The van der Waals surface area contributed by atoms with Gasteiger partial charge in [0.05, 0.1) is 13.7 Å². The molecule has 118 valence electrons. The Hall–Kier alpha value is -2.11. The first-order valence-corrected chi connectivity index (χ1v) is 6.73. The molecule has 0 atom stereocenters. The van der Waals surface area contributed by atoms with Crippen LogP contribution in [0.4, 0.5) is 10.5 Å². The van der Waals surface area contributed by atoms with Crippen molar-refractivity contribution < 1.29 is 19.0 Å². The third-order valence-electron chi connectivity index (χ3n) is 2.58. The molecule has 6 nitrogen and oxygen atoms in total. The highest BCUT2D eigenvalue weighted by molar-refractivity contribution is 5.67.